The summed E-state index contributed by atoms with van der Waals surface area (Å²) in [7, 11) is 0. The molecule has 0 aliphatic carbocycles. The van der Waals surface area contributed by atoms with Gasteiger partial charge in [0.2, 0.25) is 5.91 Å². The van der Waals surface area contributed by atoms with Gasteiger partial charge in [-0.2, -0.15) is 14.0 Å². The molecule has 144 valence electrons. The van der Waals surface area contributed by atoms with Crippen LogP contribution in [0.4, 0.5) is 14.6 Å². The maximum Gasteiger partial charge on any atom is 0.387 e. The van der Waals surface area contributed by atoms with Gasteiger partial charge in [0.15, 0.2) is 11.5 Å². The molecular weight excluding hydrogens is 368 g/mol. The summed E-state index contributed by atoms with van der Waals surface area (Å²) >= 11 is 0. The van der Waals surface area contributed by atoms with Crippen molar-refractivity contribution in [3.05, 3.63) is 54.0 Å². The number of nitrogens with zero attached hydrogens (tertiary/aromatic N) is 5. The number of carbonyl (C=O) groups excluding carboxylic acids is 1. The summed E-state index contributed by atoms with van der Waals surface area (Å²) in [6, 6.07) is 8.15. The molecule has 2 heterocycles. The Labute approximate surface area is 160 Å². The summed E-state index contributed by atoms with van der Waals surface area (Å²) in [5.41, 5.74) is 0.844. The number of alkyl halides is 2. The molecule has 1 aliphatic heterocycles. The maximum atomic E-state index is 12.4. The lowest BCUT2D eigenvalue weighted by molar-refractivity contribution is -0.126. The minimum absolute atomic E-state index is 0.0375. The first kappa shape index (κ1) is 19.2. The highest BCUT2D eigenvalue weighted by Crippen LogP contribution is 2.18. The van der Waals surface area contributed by atoms with Crippen LogP contribution in [-0.2, 0) is 4.79 Å². The average molecular weight is 385 g/mol. The van der Waals surface area contributed by atoms with Gasteiger partial charge in [-0.05, 0) is 23.8 Å². The lowest BCUT2D eigenvalue weighted by Gasteiger charge is -2.34. The molecule has 1 aromatic heterocycles. The smallest absolute Gasteiger partial charge is 0.387 e. The van der Waals surface area contributed by atoms with Crippen molar-refractivity contribution in [3.8, 4) is 11.8 Å². The Morgan fingerprint density at radius 1 is 1.21 bits per heavy atom. The van der Waals surface area contributed by atoms with E-state index in [2.05, 4.69) is 14.7 Å². The Hall–Kier alpha value is -3.54. The first-order valence-electron chi connectivity index (χ1n) is 8.55. The van der Waals surface area contributed by atoms with Crippen LogP contribution < -0.4 is 9.64 Å². The summed E-state index contributed by atoms with van der Waals surface area (Å²) in [5.74, 6) is 0.374. The Kier molecular flexibility index (Phi) is 6.11. The molecule has 0 bridgehead atoms. The molecule has 3 rings (SSSR count). The molecule has 1 saturated heterocycles. The van der Waals surface area contributed by atoms with Crippen LogP contribution in [0.15, 0.2) is 42.7 Å². The maximum absolute atomic E-state index is 12.4. The lowest BCUT2D eigenvalue weighted by atomic mass is 10.2. The van der Waals surface area contributed by atoms with Crippen LogP contribution >= 0.6 is 0 Å². The molecular formula is C19H17F2N5O2. The number of hydrogen-bond acceptors (Lipinski definition) is 6. The molecule has 28 heavy (non-hydrogen) atoms. The lowest BCUT2D eigenvalue weighted by Crippen LogP contribution is -2.48. The highest BCUT2D eigenvalue weighted by molar-refractivity contribution is 5.92. The van der Waals surface area contributed by atoms with E-state index in [1.165, 1.54) is 30.6 Å². The quantitative estimate of drug-likeness (QED) is 0.735. The fraction of sp³-hybridized carbons (Fsp3) is 0.263. The van der Waals surface area contributed by atoms with Crippen molar-refractivity contribution in [2.45, 2.75) is 6.61 Å². The van der Waals surface area contributed by atoms with Crippen molar-refractivity contribution in [1.29, 1.82) is 5.26 Å². The molecule has 0 atom stereocenters. The molecule has 9 heteroatoms. The largest absolute Gasteiger partial charge is 0.435 e. The number of amides is 1. The third-order valence-corrected chi connectivity index (χ3v) is 4.18. The predicted molar refractivity (Wildman–Crippen MR) is 97.6 cm³/mol. The van der Waals surface area contributed by atoms with Crippen LogP contribution in [0.1, 0.15) is 11.3 Å². The molecule has 7 nitrogen and oxygen atoms in total. The molecule has 0 saturated carbocycles. The van der Waals surface area contributed by atoms with Crippen LogP contribution in [0.25, 0.3) is 6.08 Å². The van der Waals surface area contributed by atoms with Gasteiger partial charge >= 0.3 is 6.61 Å². The van der Waals surface area contributed by atoms with Crippen molar-refractivity contribution >= 4 is 17.8 Å². The van der Waals surface area contributed by atoms with E-state index < -0.39 is 6.61 Å². The molecule has 0 radical (unpaired) electrons. The first-order valence-corrected chi connectivity index (χ1v) is 8.55. The molecule has 1 fully saturated rings. The van der Waals surface area contributed by atoms with Crippen LogP contribution in [0.2, 0.25) is 0 Å². The number of nitriles is 1. The number of anilines is 1. The number of halogens is 2. The average Bonchev–Trinajstić information content (AvgIpc) is 2.72. The highest BCUT2D eigenvalue weighted by atomic mass is 19.3. The number of hydrogen-bond donors (Lipinski definition) is 0. The molecule has 1 amide bonds. The van der Waals surface area contributed by atoms with E-state index in [1.54, 1.807) is 23.1 Å². The van der Waals surface area contributed by atoms with Crippen molar-refractivity contribution in [2.24, 2.45) is 0 Å². The number of piperazine rings is 1. The predicted octanol–water partition coefficient (Wildman–Crippen LogP) is 2.31. The topological polar surface area (TPSA) is 82.4 Å². The minimum Gasteiger partial charge on any atom is -0.435 e. The summed E-state index contributed by atoms with van der Waals surface area (Å²) in [6.07, 6.45) is 5.96. The van der Waals surface area contributed by atoms with Crippen molar-refractivity contribution < 1.29 is 18.3 Å². The minimum atomic E-state index is -2.90. The molecule has 0 spiro atoms. The van der Waals surface area contributed by atoms with E-state index in [0.717, 1.165) is 0 Å². The van der Waals surface area contributed by atoms with Gasteiger partial charge in [-0.1, -0.05) is 12.1 Å². The second kappa shape index (κ2) is 8.90. The van der Waals surface area contributed by atoms with E-state index in [4.69, 9.17) is 5.26 Å². The number of benzene rings is 1. The standard InChI is InChI=1S/C19H17F2N5O2/c20-19(21)28-15-3-1-2-14(12-15)4-5-17(27)25-8-10-26(11-9-25)18-16(13-22)23-6-7-24-18/h1-7,12,19H,8-11H2/b5-4+. The summed E-state index contributed by atoms with van der Waals surface area (Å²) in [4.78, 5) is 24.2. The second-order valence-corrected chi connectivity index (χ2v) is 5.94. The van der Waals surface area contributed by atoms with E-state index in [9.17, 15) is 13.6 Å². The van der Waals surface area contributed by atoms with Gasteiger partial charge in [0.05, 0.1) is 0 Å². The van der Waals surface area contributed by atoms with Crippen LogP contribution in [-0.4, -0.2) is 53.6 Å². The number of carbonyl (C=O) groups is 1. The molecule has 1 aliphatic rings. The van der Waals surface area contributed by atoms with E-state index >= 15 is 0 Å². The number of aromatic nitrogens is 2. The molecule has 0 unspecified atom stereocenters. The Balaban J connectivity index is 1.58. The third-order valence-electron chi connectivity index (χ3n) is 4.18. The summed E-state index contributed by atoms with van der Waals surface area (Å²) < 4.78 is 28.9. The molecule has 1 aromatic carbocycles. The zero-order valence-electron chi connectivity index (χ0n) is 14.8. The van der Waals surface area contributed by atoms with Crippen molar-refractivity contribution in [1.82, 2.24) is 14.9 Å². The number of rotatable bonds is 5. The Morgan fingerprint density at radius 2 is 1.96 bits per heavy atom. The molecule has 0 N–H and O–H groups in total. The van der Waals surface area contributed by atoms with Crippen LogP contribution in [0, 0.1) is 11.3 Å². The van der Waals surface area contributed by atoms with Crippen molar-refractivity contribution in [2.75, 3.05) is 31.1 Å². The van der Waals surface area contributed by atoms with Gasteiger partial charge in [0, 0.05) is 44.6 Å². The summed E-state index contributed by atoms with van der Waals surface area (Å²) in [5, 5.41) is 9.13. The molecule has 2 aromatic rings. The van der Waals surface area contributed by atoms with Gasteiger partial charge in [0.25, 0.3) is 0 Å². The zero-order chi connectivity index (χ0) is 19.9. The Morgan fingerprint density at radius 3 is 2.68 bits per heavy atom. The third kappa shape index (κ3) is 4.79. The van der Waals surface area contributed by atoms with Gasteiger partial charge in [-0.3, -0.25) is 4.79 Å². The summed E-state index contributed by atoms with van der Waals surface area (Å²) in [6.45, 7) is -0.888. The highest BCUT2D eigenvalue weighted by Gasteiger charge is 2.22. The normalized spacial score (nSPS) is 14.4. The first-order chi connectivity index (χ1) is 13.6. The Bertz CT molecular complexity index is 905. The SMILES string of the molecule is N#Cc1nccnc1N1CCN(C(=O)/C=C/c2cccc(OC(F)F)c2)CC1. The van der Waals surface area contributed by atoms with E-state index in [1.807, 2.05) is 11.0 Å². The zero-order valence-corrected chi connectivity index (χ0v) is 14.8. The van der Waals surface area contributed by atoms with Crippen LogP contribution in [0.3, 0.4) is 0 Å². The van der Waals surface area contributed by atoms with Gasteiger partial charge < -0.3 is 14.5 Å². The fourth-order valence-corrected chi connectivity index (χ4v) is 2.85. The van der Waals surface area contributed by atoms with Gasteiger partial charge in [-0.25, -0.2) is 9.97 Å². The van der Waals surface area contributed by atoms with E-state index in [0.29, 0.717) is 37.6 Å². The fourth-order valence-electron chi connectivity index (χ4n) is 2.85. The monoisotopic (exact) mass is 385 g/mol. The number of ether oxygens (including phenoxy) is 1. The van der Waals surface area contributed by atoms with Gasteiger partial charge in [-0.15, -0.1) is 0 Å². The van der Waals surface area contributed by atoms with Crippen molar-refractivity contribution in [3.63, 3.8) is 0 Å². The second-order valence-electron chi connectivity index (χ2n) is 5.94. The van der Waals surface area contributed by atoms with Crippen LogP contribution in [0.5, 0.6) is 5.75 Å². The van der Waals surface area contributed by atoms with Gasteiger partial charge in [0.1, 0.15) is 11.8 Å². The van der Waals surface area contributed by atoms with E-state index in [-0.39, 0.29) is 17.4 Å².